The van der Waals surface area contributed by atoms with E-state index in [-0.39, 0.29) is 21.7 Å². The van der Waals surface area contributed by atoms with Crippen LogP contribution >= 0.6 is 0 Å². The zero-order valence-corrected chi connectivity index (χ0v) is 7.12. The molecule has 0 amide bonds. The van der Waals surface area contributed by atoms with E-state index in [1.165, 1.54) is 0 Å². The van der Waals surface area contributed by atoms with Gasteiger partial charge in [0.25, 0.3) is 0 Å². The molecule has 0 unspecified atom stereocenters. The Kier molecular flexibility index (Phi) is 388. The zero-order valence-electron chi connectivity index (χ0n) is 5.55. The van der Waals surface area contributed by atoms with Crippen molar-refractivity contribution in [3.8, 4) is 0 Å². The van der Waals surface area contributed by atoms with Crippen molar-refractivity contribution in [1.29, 1.82) is 0 Å². The maximum absolute atomic E-state index is 8.00. The molecule has 0 aromatic heterocycles. The van der Waals surface area contributed by atoms with E-state index in [9.17, 15) is 0 Å². The third kappa shape index (κ3) is 251. The summed E-state index contributed by atoms with van der Waals surface area (Å²) in [7, 11) is 0. The summed E-state index contributed by atoms with van der Waals surface area (Å²) in [5.41, 5.74) is 0. The van der Waals surface area contributed by atoms with Crippen LogP contribution in [0.5, 0.6) is 0 Å². The van der Waals surface area contributed by atoms with E-state index in [0.717, 1.165) is 21.4 Å². The maximum atomic E-state index is 8.00. The number of hydrogen-bond donors (Lipinski definition) is 0. The smallest absolute Gasteiger partial charge is 0.444 e. The standard InChI is InChI=1S/4HNO2.Ti/c4*2-1-3;/h4*(H,2,3);/q;;;;+4/p-4. The van der Waals surface area contributed by atoms with Crippen LogP contribution in [0.1, 0.15) is 0 Å². The molecule has 0 fully saturated rings. The molecule has 0 heterocycles. The van der Waals surface area contributed by atoms with Crippen LogP contribution in [0.15, 0.2) is 21.4 Å². The fourth-order valence-corrected chi connectivity index (χ4v) is 0. The first-order valence-corrected chi connectivity index (χ1v) is 1.46. The molecule has 72 valence electrons. The molecule has 0 spiro atoms. The van der Waals surface area contributed by atoms with Crippen LogP contribution < -0.4 is 0 Å². The second-order valence-corrected chi connectivity index (χ2v) is 0.298. The Bertz CT molecular complexity index is 70.1. The fourth-order valence-electron chi connectivity index (χ4n) is 0. The normalized spacial score (nSPS) is 3.69. The van der Waals surface area contributed by atoms with Gasteiger partial charge >= 0.3 is 21.7 Å². The van der Waals surface area contributed by atoms with Gasteiger partial charge in [0.1, 0.15) is 0 Å². The third-order valence-electron chi connectivity index (χ3n) is 0. The number of hydrogen-bond acceptors (Lipinski definition) is 12. The first-order chi connectivity index (χ1) is 5.66. The van der Waals surface area contributed by atoms with Gasteiger partial charge < -0.3 is 40.5 Å². The predicted octanol–water partition coefficient (Wildman–Crippen LogP) is 1.000. The summed E-state index contributed by atoms with van der Waals surface area (Å²) in [6.45, 7) is 0. The second kappa shape index (κ2) is 167. The van der Waals surface area contributed by atoms with Gasteiger partial charge in [-0.15, -0.1) is 21.4 Å². The Labute approximate surface area is 84.2 Å². The maximum Gasteiger partial charge on any atom is 4.00 e. The molecule has 0 saturated carbocycles. The monoisotopic (exact) mass is 232 g/mol. The number of nitrogens with zero attached hydrogens (tertiary/aromatic N) is 4. The molecule has 0 N–H and O–H groups in total. The van der Waals surface area contributed by atoms with Gasteiger partial charge in [0.2, 0.25) is 0 Å². The van der Waals surface area contributed by atoms with Crippen LogP contribution in [0.3, 0.4) is 0 Å². The van der Waals surface area contributed by atoms with Gasteiger partial charge in [0, 0.05) is 0 Å². The largest absolute Gasteiger partial charge is 4.00 e. The molecule has 13 heteroatoms. The molecular formula is N4O8Ti. The van der Waals surface area contributed by atoms with Crippen molar-refractivity contribution in [2.45, 2.75) is 0 Å². The van der Waals surface area contributed by atoms with Crippen LogP contribution in [0.25, 0.3) is 0 Å². The summed E-state index contributed by atoms with van der Waals surface area (Å²) >= 11 is 0. The van der Waals surface area contributed by atoms with Gasteiger partial charge in [0.15, 0.2) is 0 Å². The topological polar surface area (TPSA) is 210 Å². The molecule has 0 aliphatic rings. The predicted molar refractivity (Wildman–Crippen MR) is 36.6 cm³/mol. The molecule has 0 aliphatic heterocycles. The molecule has 12 nitrogen and oxygen atoms in total. The zero-order chi connectivity index (χ0) is 10.8. The SMILES string of the molecule is O=N[O-].O=N[O-].O=N[O-].O=N[O-].[Ti+4]. The molecule has 0 rings (SSSR count). The van der Waals surface area contributed by atoms with E-state index in [1.54, 1.807) is 0 Å². The van der Waals surface area contributed by atoms with E-state index >= 15 is 0 Å². The van der Waals surface area contributed by atoms with E-state index in [2.05, 4.69) is 0 Å². The van der Waals surface area contributed by atoms with Crippen molar-refractivity contribution in [3.05, 3.63) is 40.5 Å². The van der Waals surface area contributed by atoms with Crippen LogP contribution in [0.2, 0.25) is 0 Å². The molecule has 0 aromatic rings. The summed E-state index contributed by atoms with van der Waals surface area (Å²) in [4.78, 5) is 32.0. The van der Waals surface area contributed by atoms with Crippen molar-refractivity contribution >= 4 is 0 Å². The molecule has 13 heavy (non-hydrogen) atoms. The number of rotatable bonds is 0. The average molecular weight is 232 g/mol. The van der Waals surface area contributed by atoms with E-state index in [4.69, 9.17) is 40.5 Å². The Morgan fingerprint density at radius 3 is 0.538 bits per heavy atom. The van der Waals surface area contributed by atoms with Crippen molar-refractivity contribution in [2.24, 2.45) is 21.4 Å². The quantitative estimate of drug-likeness (QED) is 0.332. The second-order valence-electron chi connectivity index (χ2n) is 0.298. The third-order valence-corrected chi connectivity index (χ3v) is 0. The minimum Gasteiger partial charge on any atom is -0.444 e. The molecule has 0 saturated heterocycles. The molecular weight excluding hydrogens is 232 g/mol. The van der Waals surface area contributed by atoms with Gasteiger partial charge in [-0.25, -0.2) is 0 Å². The van der Waals surface area contributed by atoms with Crippen LogP contribution in [0, 0.1) is 40.5 Å². The van der Waals surface area contributed by atoms with E-state index in [1.807, 2.05) is 0 Å². The Morgan fingerprint density at radius 1 is 0.538 bits per heavy atom. The Morgan fingerprint density at radius 2 is 0.538 bits per heavy atom. The summed E-state index contributed by atoms with van der Waals surface area (Å²) < 4.78 is 0. The van der Waals surface area contributed by atoms with Crippen molar-refractivity contribution in [2.75, 3.05) is 0 Å². The summed E-state index contributed by atoms with van der Waals surface area (Å²) in [5, 5.41) is 36.0. The Hall–Kier alpha value is -1.69. The van der Waals surface area contributed by atoms with Gasteiger partial charge in [-0.05, 0) is 0 Å². The first-order valence-electron chi connectivity index (χ1n) is 1.46. The molecule has 0 atom stereocenters. The Balaban J connectivity index is -0.0000000213. The van der Waals surface area contributed by atoms with Crippen molar-refractivity contribution in [1.82, 2.24) is 0 Å². The first kappa shape index (κ1) is 30.2. The van der Waals surface area contributed by atoms with Crippen molar-refractivity contribution < 1.29 is 21.7 Å². The van der Waals surface area contributed by atoms with Crippen LogP contribution in [-0.2, 0) is 21.7 Å². The summed E-state index contributed by atoms with van der Waals surface area (Å²) in [6, 6.07) is 0. The molecule has 0 aliphatic carbocycles. The van der Waals surface area contributed by atoms with Crippen molar-refractivity contribution in [3.63, 3.8) is 0 Å². The molecule has 0 radical (unpaired) electrons. The van der Waals surface area contributed by atoms with Gasteiger partial charge in [-0.3, -0.25) is 0 Å². The van der Waals surface area contributed by atoms with Crippen LogP contribution in [0.4, 0.5) is 0 Å². The summed E-state index contributed by atoms with van der Waals surface area (Å²) in [6.07, 6.45) is 0. The minimum absolute atomic E-state index is 0. The van der Waals surface area contributed by atoms with E-state index < -0.39 is 0 Å². The van der Waals surface area contributed by atoms with E-state index in [0.29, 0.717) is 0 Å². The van der Waals surface area contributed by atoms with Crippen LogP contribution in [-0.4, -0.2) is 0 Å². The molecule has 0 aromatic carbocycles. The summed E-state index contributed by atoms with van der Waals surface area (Å²) in [5.74, 6) is 0. The average Bonchev–Trinajstić information content (AvgIpc) is 1.92. The van der Waals surface area contributed by atoms with Gasteiger partial charge in [-0.1, -0.05) is 0 Å². The van der Waals surface area contributed by atoms with Gasteiger partial charge in [0.05, 0.1) is 0 Å². The fraction of sp³-hybridized carbons (Fsp3) is 0. The van der Waals surface area contributed by atoms with Gasteiger partial charge in [-0.2, -0.15) is 0 Å². The minimum atomic E-state index is 0. The molecule has 0 bridgehead atoms.